The third-order valence-electron chi connectivity index (χ3n) is 4.25. The molecule has 23 heavy (non-hydrogen) atoms. The van der Waals surface area contributed by atoms with E-state index < -0.39 is 0 Å². The maximum absolute atomic E-state index is 13.9. The van der Waals surface area contributed by atoms with Crippen LogP contribution in [0.1, 0.15) is 18.4 Å². The zero-order chi connectivity index (χ0) is 16.6. The fourth-order valence-electron chi connectivity index (χ4n) is 3.07. The first kappa shape index (κ1) is 15.5. The van der Waals surface area contributed by atoms with Gasteiger partial charge in [-0.1, -0.05) is 12.1 Å². The predicted octanol–water partition coefficient (Wildman–Crippen LogP) is 1.39. The van der Waals surface area contributed by atoms with Crippen LogP contribution in [0.5, 0.6) is 0 Å². The van der Waals surface area contributed by atoms with Crippen LogP contribution in [0.25, 0.3) is 0 Å². The summed E-state index contributed by atoms with van der Waals surface area (Å²) in [5, 5.41) is 0. The number of amides is 4. The lowest BCUT2D eigenvalue weighted by atomic mass is 10.1. The molecule has 2 aliphatic rings. The van der Waals surface area contributed by atoms with Crippen LogP contribution in [0.15, 0.2) is 18.2 Å². The molecule has 0 unspecified atom stereocenters. The van der Waals surface area contributed by atoms with Gasteiger partial charge in [-0.3, -0.25) is 14.5 Å². The van der Waals surface area contributed by atoms with E-state index >= 15 is 0 Å². The highest BCUT2D eigenvalue weighted by molar-refractivity contribution is 6.02. The topological polar surface area (TPSA) is 60.9 Å². The number of fused-ring (bicyclic) bond motifs is 1. The summed E-state index contributed by atoms with van der Waals surface area (Å²) in [5.41, 5.74) is 1.20. The summed E-state index contributed by atoms with van der Waals surface area (Å²) in [7, 11) is 1.56. The van der Waals surface area contributed by atoms with Gasteiger partial charge in [0.1, 0.15) is 12.4 Å². The molecular formula is C16H18FN3O3. The molecule has 1 aromatic rings. The van der Waals surface area contributed by atoms with Crippen molar-refractivity contribution in [2.45, 2.75) is 19.3 Å². The lowest BCUT2D eigenvalue weighted by Gasteiger charge is -2.19. The number of para-hydroxylation sites is 1. The summed E-state index contributed by atoms with van der Waals surface area (Å²) < 4.78 is 13.9. The molecule has 3 rings (SSSR count). The maximum atomic E-state index is 13.9. The normalized spacial score (nSPS) is 17.2. The molecule has 2 aliphatic heterocycles. The number of anilines is 1. The van der Waals surface area contributed by atoms with Gasteiger partial charge in [-0.25, -0.2) is 9.18 Å². The highest BCUT2D eigenvalue weighted by atomic mass is 19.1. The molecule has 122 valence electrons. The summed E-state index contributed by atoms with van der Waals surface area (Å²) in [6, 6.07) is 4.48. The summed E-state index contributed by atoms with van der Waals surface area (Å²) in [4.78, 5) is 39.7. The van der Waals surface area contributed by atoms with E-state index in [0.717, 1.165) is 10.5 Å². The second kappa shape index (κ2) is 5.98. The van der Waals surface area contributed by atoms with Crippen LogP contribution in [0.4, 0.5) is 14.9 Å². The zero-order valence-corrected chi connectivity index (χ0v) is 12.9. The van der Waals surface area contributed by atoms with Crippen molar-refractivity contribution < 1.29 is 18.8 Å². The van der Waals surface area contributed by atoms with E-state index in [9.17, 15) is 18.8 Å². The molecular weight excluding hydrogens is 301 g/mol. The van der Waals surface area contributed by atoms with Crippen LogP contribution in [-0.4, -0.2) is 54.3 Å². The predicted molar refractivity (Wildman–Crippen MR) is 81.4 cm³/mol. The third-order valence-corrected chi connectivity index (χ3v) is 4.25. The second-order valence-corrected chi connectivity index (χ2v) is 5.83. The highest BCUT2D eigenvalue weighted by Gasteiger charge is 2.33. The lowest BCUT2D eigenvalue weighted by Crippen LogP contribution is -2.34. The Morgan fingerprint density at radius 3 is 2.78 bits per heavy atom. The minimum atomic E-state index is -0.389. The SMILES string of the molecule is CN1CC(=O)N(CCCC(=O)N2CCc3cccc(F)c32)C1=O. The average molecular weight is 319 g/mol. The number of halogens is 1. The zero-order valence-electron chi connectivity index (χ0n) is 12.9. The smallest absolute Gasteiger partial charge is 0.318 e. The number of carbonyl (C=O) groups is 3. The highest BCUT2D eigenvalue weighted by Crippen LogP contribution is 2.31. The van der Waals surface area contributed by atoms with Gasteiger partial charge in [0.15, 0.2) is 0 Å². The van der Waals surface area contributed by atoms with Crippen molar-refractivity contribution in [2.75, 3.05) is 31.6 Å². The van der Waals surface area contributed by atoms with E-state index in [2.05, 4.69) is 0 Å². The van der Waals surface area contributed by atoms with E-state index in [4.69, 9.17) is 0 Å². The number of benzene rings is 1. The Morgan fingerprint density at radius 1 is 1.30 bits per heavy atom. The third kappa shape index (κ3) is 2.78. The molecule has 0 bridgehead atoms. The van der Waals surface area contributed by atoms with Gasteiger partial charge in [0.25, 0.3) is 0 Å². The summed E-state index contributed by atoms with van der Waals surface area (Å²) >= 11 is 0. The number of urea groups is 1. The van der Waals surface area contributed by atoms with Crippen LogP contribution in [-0.2, 0) is 16.0 Å². The molecule has 1 saturated heterocycles. The number of hydrogen-bond acceptors (Lipinski definition) is 3. The van der Waals surface area contributed by atoms with Gasteiger partial charge in [-0.2, -0.15) is 0 Å². The fraction of sp³-hybridized carbons (Fsp3) is 0.438. The van der Waals surface area contributed by atoms with Gasteiger partial charge in [-0.05, 0) is 24.5 Å². The van der Waals surface area contributed by atoms with Crippen molar-refractivity contribution in [3.05, 3.63) is 29.6 Å². The van der Waals surface area contributed by atoms with Gasteiger partial charge >= 0.3 is 6.03 Å². The van der Waals surface area contributed by atoms with Crippen LogP contribution >= 0.6 is 0 Å². The van der Waals surface area contributed by atoms with Crippen LogP contribution in [0.3, 0.4) is 0 Å². The first-order valence-corrected chi connectivity index (χ1v) is 7.62. The van der Waals surface area contributed by atoms with Gasteiger partial charge in [0, 0.05) is 26.6 Å². The lowest BCUT2D eigenvalue weighted by molar-refractivity contribution is -0.126. The molecule has 7 heteroatoms. The van der Waals surface area contributed by atoms with Gasteiger partial charge in [-0.15, -0.1) is 0 Å². The molecule has 0 spiro atoms. The Labute approximate surface area is 133 Å². The molecule has 2 heterocycles. The van der Waals surface area contributed by atoms with E-state index in [1.54, 1.807) is 13.1 Å². The second-order valence-electron chi connectivity index (χ2n) is 5.83. The van der Waals surface area contributed by atoms with Crippen molar-refractivity contribution in [3.63, 3.8) is 0 Å². The Hall–Kier alpha value is -2.44. The molecule has 4 amide bonds. The largest absolute Gasteiger partial charge is 0.326 e. The van der Waals surface area contributed by atoms with Crippen LogP contribution < -0.4 is 4.90 Å². The minimum absolute atomic E-state index is 0.0808. The van der Waals surface area contributed by atoms with Crippen molar-refractivity contribution in [1.82, 2.24) is 9.80 Å². The van der Waals surface area contributed by atoms with Crippen LogP contribution in [0, 0.1) is 5.82 Å². The van der Waals surface area contributed by atoms with E-state index in [1.807, 2.05) is 6.07 Å². The van der Waals surface area contributed by atoms with E-state index in [0.29, 0.717) is 25.1 Å². The molecule has 1 fully saturated rings. The molecule has 0 saturated carbocycles. The van der Waals surface area contributed by atoms with Crippen LogP contribution in [0.2, 0.25) is 0 Å². The van der Waals surface area contributed by atoms with Gasteiger partial charge in [0.05, 0.1) is 5.69 Å². The molecule has 0 aromatic heterocycles. The first-order valence-electron chi connectivity index (χ1n) is 7.62. The molecule has 0 radical (unpaired) electrons. The Bertz CT molecular complexity index is 677. The Balaban J connectivity index is 1.58. The number of hydrogen-bond donors (Lipinski definition) is 0. The van der Waals surface area contributed by atoms with E-state index in [1.165, 1.54) is 15.9 Å². The Kier molecular flexibility index (Phi) is 4.02. The number of rotatable bonds is 4. The molecule has 6 nitrogen and oxygen atoms in total. The van der Waals surface area contributed by atoms with Crippen molar-refractivity contribution in [1.29, 1.82) is 0 Å². The monoisotopic (exact) mass is 319 g/mol. The standard InChI is InChI=1S/C16H18FN3O3/c1-18-10-14(22)20(16(18)23)8-3-6-13(21)19-9-7-11-4-2-5-12(17)15(11)19/h2,4-5H,3,6-10H2,1H3. The van der Waals surface area contributed by atoms with Crippen molar-refractivity contribution in [3.8, 4) is 0 Å². The molecule has 0 aliphatic carbocycles. The molecule has 0 N–H and O–H groups in total. The molecule has 0 atom stereocenters. The number of likely N-dealkylation sites (N-methyl/N-ethyl adjacent to an activating group) is 1. The Morgan fingerprint density at radius 2 is 2.09 bits per heavy atom. The van der Waals surface area contributed by atoms with Crippen molar-refractivity contribution >= 4 is 23.5 Å². The molecule has 1 aromatic carbocycles. The van der Waals surface area contributed by atoms with Crippen molar-refractivity contribution in [2.24, 2.45) is 0 Å². The minimum Gasteiger partial charge on any atom is -0.318 e. The summed E-state index contributed by atoms with van der Waals surface area (Å²) in [6.07, 6.45) is 1.20. The quantitative estimate of drug-likeness (QED) is 0.788. The first-order chi connectivity index (χ1) is 11.0. The maximum Gasteiger partial charge on any atom is 0.326 e. The van der Waals surface area contributed by atoms with Gasteiger partial charge in [0.2, 0.25) is 11.8 Å². The fourth-order valence-corrected chi connectivity index (χ4v) is 3.07. The van der Waals surface area contributed by atoms with Gasteiger partial charge < -0.3 is 9.80 Å². The average Bonchev–Trinajstić information content (AvgIpc) is 3.04. The van der Waals surface area contributed by atoms with E-state index in [-0.39, 0.29) is 43.2 Å². The summed E-state index contributed by atoms with van der Waals surface area (Å²) in [6.45, 7) is 0.766. The number of carbonyl (C=O) groups excluding carboxylic acids is 3. The number of imide groups is 1. The summed E-state index contributed by atoms with van der Waals surface area (Å²) in [5.74, 6) is -0.816. The number of nitrogens with zero attached hydrogens (tertiary/aromatic N) is 3.